The molecule has 6 nitrogen and oxygen atoms in total. The first-order chi connectivity index (χ1) is 7.72. The van der Waals surface area contributed by atoms with Crippen LogP contribution in [0.3, 0.4) is 0 Å². The summed E-state index contributed by atoms with van der Waals surface area (Å²) in [5, 5.41) is 6.82. The Morgan fingerprint density at radius 3 is 3.06 bits per heavy atom. The van der Waals surface area contributed by atoms with Crippen molar-refractivity contribution in [3.8, 4) is 0 Å². The summed E-state index contributed by atoms with van der Waals surface area (Å²) in [5.41, 5.74) is 0.895. The molecule has 0 spiro atoms. The van der Waals surface area contributed by atoms with E-state index in [9.17, 15) is 4.79 Å². The van der Waals surface area contributed by atoms with E-state index in [1.165, 1.54) is 0 Å². The lowest BCUT2D eigenvalue weighted by molar-refractivity contribution is 0.0943. The minimum Gasteiger partial charge on any atom is -0.349 e. The molecule has 0 atom stereocenters. The molecule has 0 aliphatic heterocycles. The molecule has 0 aliphatic carbocycles. The predicted molar refractivity (Wildman–Crippen MR) is 58.1 cm³/mol. The molecule has 84 valence electrons. The number of aromatic nitrogens is 4. The fourth-order valence-electron chi connectivity index (χ4n) is 1.32. The number of amides is 1. The molecular weight excluding hydrogens is 206 g/mol. The Balaban J connectivity index is 2.32. The number of aryl methyl sites for hydroxylation is 1. The lowest BCUT2D eigenvalue weighted by Gasteiger charge is -1.97. The van der Waals surface area contributed by atoms with Gasteiger partial charge in [-0.05, 0) is 19.4 Å². The quantitative estimate of drug-likeness (QED) is 0.819. The van der Waals surface area contributed by atoms with E-state index in [2.05, 4.69) is 20.4 Å². The second kappa shape index (κ2) is 4.26. The van der Waals surface area contributed by atoms with Gasteiger partial charge in [-0.3, -0.25) is 4.79 Å². The van der Waals surface area contributed by atoms with Gasteiger partial charge in [-0.2, -0.15) is 4.98 Å². The van der Waals surface area contributed by atoms with Crippen molar-refractivity contribution in [2.24, 2.45) is 0 Å². The summed E-state index contributed by atoms with van der Waals surface area (Å²) in [4.78, 5) is 19.7. The van der Waals surface area contributed by atoms with Crippen LogP contribution in [0, 0.1) is 6.92 Å². The van der Waals surface area contributed by atoms with Crippen molar-refractivity contribution >= 4 is 11.7 Å². The van der Waals surface area contributed by atoms with E-state index in [-0.39, 0.29) is 11.7 Å². The summed E-state index contributed by atoms with van der Waals surface area (Å²) in [7, 11) is 0. The first-order valence-electron chi connectivity index (χ1n) is 5.19. The molecule has 2 aromatic heterocycles. The van der Waals surface area contributed by atoms with Gasteiger partial charge in [-0.25, -0.2) is 9.50 Å². The number of hydrogen-bond acceptors (Lipinski definition) is 4. The van der Waals surface area contributed by atoms with Crippen molar-refractivity contribution in [3.63, 3.8) is 0 Å². The summed E-state index contributed by atoms with van der Waals surface area (Å²) < 4.78 is 1.56. The number of carbonyl (C=O) groups is 1. The van der Waals surface area contributed by atoms with Crippen LogP contribution in [-0.4, -0.2) is 32.0 Å². The zero-order valence-electron chi connectivity index (χ0n) is 9.27. The van der Waals surface area contributed by atoms with E-state index in [1.54, 1.807) is 10.7 Å². The number of nitrogens with zero attached hydrogens (tertiary/aromatic N) is 4. The van der Waals surface area contributed by atoms with Crippen LogP contribution in [0.4, 0.5) is 0 Å². The van der Waals surface area contributed by atoms with Gasteiger partial charge in [0.05, 0.1) is 0 Å². The summed E-state index contributed by atoms with van der Waals surface area (Å²) >= 11 is 0. The second-order valence-corrected chi connectivity index (χ2v) is 3.49. The first-order valence-corrected chi connectivity index (χ1v) is 5.19. The summed E-state index contributed by atoms with van der Waals surface area (Å²) in [6.07, 6.45) is 2.53. The molecule has 2 heterocycles. The number of rotatable bonds is 3. The molecule has 0 aromatic carbocycles. The van der Waals surface area contributed by atoms with E-state index in [0.29, 0.717) is 12.3 Å². The van der Waals surface area contributed by atoms with Crippen molar-refractivity contribution in [3.05, 3.63) is 23.8 Å². The van der Waals surface area contributed by atoms with Crippen LogP contribution in [0.5, 0.6) is 0 Å². The number of fused-ring (bicyclic) bond motifs is 1. The van der Waals surface area contributed by atoms with Gasteiger partial charge in [-0.15, -0.1) is 5.10 Å². The van der Waals surface area contributed by atoms with Crippen molar-refractivity contribution in [1.82, 2.24) is 24.9 Å². The highest BCUT2D eigenvalue weighted by Crippen LogP contribution is 2.01. The molecule has 0 saturated heterocycles. The predicted octanol–water partition coefficient (Wildman–Crippen LogP) is 0.573. The van der Waals surface area contributed by atoms with Crippen molar-refractivity contribution in [2.75, 3.05) is 6.54 Å². The van der Waals surface area contributed by atoms with Crippen LogP contribution in [0.15, 0.2) is 12.3 Å². The Kier molecular flexibility index (Phi) is 2.80. The molecule has 0 aliphatic rings. The normalized spacial score (nSPS) is 10.6. The Hall–Kier alpha value is -1.98. The molecule has 2 rings (SSSR count). The van der Waals surface area contributed by atoms with Gasteiger partial charge in [0.15, 0.2) is 0 Å². The third-order valence-electron chi connectivity index (χ3n) is 2.17. The maximum atomic E-state index is 11.6. The minimum atomic E-state index is -0.258. The molecule has 2 aromatic rings. The topological polar surface area (TPSA) is 72.2 Å². The second-order valence-electron chi connectivity index (χ2n) is 3.49. The lowest BCUT2D eigenvalue weighted by Crippen LogP contribution is -2.25. The average molecular weight is 219 g/mol. The van der Waals surface area contributed by atoms with Crippen LogP contribution in [0.1, 0.15) is 29.7 Å². The van der Waals surface area contributed by atoms with Crippen LogP contribution in [0.25, 0.3) is 5.78 Å². The van der Waals surface area contributed by atoms with Crippen LogP contribution >= 0.6 is 0 Å². The molecule has 1 amide bonds. The number of hydrogen-bond donors (Lipinski definition) is 1. The Bertz CT molecular complexity index is 519. The Morgan fingerprint density at radius 1 is 1.56 bits per heavy atom. The fraction of sp³-hybridized carbons (Fsp3) is 0.400. The number of nitrogens with one attached hydrogen (secondary N) is 1. The highest BCUT2D eigenvalue weighted by Gasteiger charge is 2.13. The molecule has 0 saturated carbocycles. The zero-order chi connectivity index (χ0) is 11.5. The Labute approximate surface area is 92.7 Å². The maximum absolute atomic E-state index is 11.6. The van der Waals surface area contributed by atoms with Gasteiger partial charge in [0.2, 0.25) is 5.82 Å². The summed E-state index contributed by atoms with van der Waals surface area (Å²) in [6, 6.07) is 1.81. The third kappa shape index (κ3) is 1.86. The van der Waals surface area contributed by atoms with Gasteiger partial charge < -0.3 is 5.32 Å². The molecule has 0 fully saturated rings. The van der Waals surface area contributed by atoms with Gasteiger partial charge in [0.1, 0.15) is 0 Å². The standard InChI is InChI=1S/C10H13N5O/c1-3-5-11-9(16)8-13-10-12-6-4-7(2)15(10)14-8/h4,6H,3,5H2,1-2H3,(H,11,16). The third-order valence-corrected chi connectivity index (χ3v) is 2.17. The van der Waals surface area contributed by atoms with Crippen molar-refractivity contribution in [1.29, 1.82) is 0 Å². The van der Waals surface area contributed by atoms with Crippen LogP contribution in [0.2, 0.25) is 0 Å². The van der Waals surface area contributed by atoms with Crippen molar-refractivity contribution in [2.45, 2.75) is 20.3 Å². The zero-order valence-corrected chi connectivity index (χ0v) is 9.27. The van der Waals surface area contributed by atoms with Gasteiger partial charge >= 0.3 is 0 Å². The van der Waals surface area contributed by atoms with E-state index in [1.807, 2.05) is 19.9 Å². The molecule has 0 radical (unpaired) electrons. The van der Waals surface area contributed by atoms with Gasteiger partial charge in [0, 0.05) is 18.4 Å². The largest absolute Gasteiger partial charge is 0.349 e. The van der Waals surface area contributed by atoms with Crippen LogP contribution < -0.4 is 5.32 Å². The van der Waals surface area contributed by atoms with Crippen molar-refractivity contribution < 1.29 is 4.79 Å². The van der Waals surface area contributed by atoms with E-state index in [4.69, 9.17) is 0 Å². The monoisotopic (exact) mass is 219 g/mol. The molecule has 6 heteroatoms. The molecule has 1 N–H and O–H groups in total. The molecule has 0 bridgehead atoms. The maximum Gasteiger partial charge on any atom is 0.291 e. The molecule has 16 heavy (non-hydrogen) atoms. The van der Waals surface area contributed by atoms with E-state index >= 15 is 0 Å². The highest BCUT2D eigenvalue weighted by molar-refractivity contribution is 5.90. The van der Waals surface area contributed by atoms with Gasteiger partial charge in [-0.1, -0.05) is 6.92 Å². The Morgan fingerprint density at radius 2 is 2.38 bits per heavy atom. The minimum absolute atomic E-state index is 0.162. The molecular formula is C10H13N5O. The smallest absolute Gasteiger partial charge is 0.291 e. The first kappa shape index (κ1) is 10.5. The fourth-order valence-corrected chi connectivity index (χ4v) is 1.32. The SMILES string of the molecule is CCCNC(=O)c1nc2nccc(C)n2n1. The van der Waals surface area contributed by atoms with E-state index in [0.717, 1.165) is 12.1 Å². The summed E-state index contributed by atoms with van der Waals surface area (Å²) in [5.74, 6) is 0.351. The van der Waals surface area contributed by atoms with Gasteiger partial charge in [0.25, 0.3) is 11.7 Å². The highest BCUT2D eigenvalue weighted by atomic mass is 16.2. The molecule has 0 unspecified atom stereocenters. The van der Waals surface area contributed by atoms with E-state index < -0.39 is 0 Å². The lowest BCUT2D eigenvalue weighted by atomic mass is 10.4. The average Bonchev–Trinajstić information content (AvgIpc) is 2.71. The number of carbonyl (C=O) groups excluding carboxylic acids is 1. The summed E-state index contributed by atoms with van der Waals surface area (Å²) in [6.45, 7) is 4.50. The van der Waals surface area contributed by atoms with Crippen LogP contribution in [-0.2, 0) is 0 Å².